The van der Waals surface area contributed by atoms with Gasteiger partial charge < -0.3 is 4.90 Å². The van der Waals surface area contributed by atoms with Crippen molar-refractivity contribution < 1.29 is 22.5 Å². The molecule has 20 heavy (non-hydrogen) atoms. The standard InChI is InChI=1S/C12H12F4N2O2/c13-9-4-10(6-11(5-9)18(19)20)17-3-1-2-8(7-17)12(14,15)16/h4-6,8H,1-3,7H2. The lowest BCUT2D eigenvalue weighted by molar-refractivity contribution is -0.385. The lowest BCUT2D eigenvalue weighted by atomic mass is 9.97. The third-order valence-electron chi connectivity index (χ3n) is 3.33. The van der Waals surface area contributed by atoms with Crippen molar-refractivity contribution in [2.45, 2.75) is 19.0 Å². The number of piperidine rings is 1. The molecule has 1 unspecified atom stereocenters. The summed E-state index contributed by atoms with van der Waals surface area (Å²) < 4.78 is 51.4. The Hall–Kier alpha value is -1.86. The zero-order valence-electron chi connectivity index (χ0n) is 10.4. The summed E-state index contributed by atoms with van der Waals surface area (Å²) in [7, 11) is 0. The third-order valence-corrected chi connectivity index (χ3v) is 3.33. The van der Waals surface area contributed by atoms with Crippen LogP contribution in [-0.4, -0.2) is 24.2 Å². The lowest BCUT2D eigenvalue weighted by Crippen LogP contribution is -2.41. The summed E-state index contributed by atoms with van der Waals surface area (Å²) in [5.41, 5.74) is -0.347. The van der Waals surface area contributed by atoms with Crippen LogP contribution in [0, 0.1) is 21.8 Å². The summed E-state index contributed by atoms with van der Waals surface area (Å²) >= 11 is 0. The first kappa shape index (κ1) is 14.5. The van der Waals surface area contributed by atoms with Gasteiger partial charge in [-0.2, -0.15) is 13.2 Å². The van der Waals surface area contributed by atoms with Gasteiger partial charge in [0, 0.05) is 24.8 Å². The molecule has 1 aliphatic rings. The van der Waals surface area contributed by atoms with Crippen LogP contribution in [0.3, 0.4) is 0 Å². The van der Waals surface area contributed by atoms with Crippen molar-refractivity contribution >= 4 is 11.4 Å². The van der Waals surface area contributed by atoms with Crippen LogP contribution in [0.5, 0.6) is 0 Å². The van der Waals surface area contributed by atoms with E-state index in [2.05, 4.69) is 0 Å². The van der Waals surface area contributed by atoms with Crippen molar-refractivity contribution in [1.29, 1.82) is 0 Å². The van der Waals surface area contributed by atoms with E-state index in [9.17, 15) is 27.7 Å². The Morgan fingerprint density at radius 1 is 1.30 bits per heavy atom. The number of hydrogen-bond acceptors (Lipinski definition) is 3. The van der Waals surface area contributed by atoms with Crippen molar-refractivity contribution in [2.24, 2.45) is 5.92 Å². The zero-order chi connectivity index (χ0) is 14.9. The molecule has 1 saturated heterocycles. The summed E-state index contributed by atoms with van der Waals surface area (Å²) in [5.74, 6) is -2.32. The van der Waals surface area contributed by atoms with Crippen molar-refractivity contribution in [3.63, 3.8) is 0 Å². The molecule has 0 aromatic heterocycles. The van der Waals surface area contributed by atoms with Crippen molar-refractivity contribution in [2.75, 3.05) is 18.0 Å². The van der Waals surface area contributed by atoms with Gasteiger partial charge in [-0.1, -0.05) is 0 Å². The SMILES string of the molecule is O=[N+]([O-])c1cc(F)cc(N2CCCC(C(F)(F)F)C2)c1. The van der Waals surface area contributed by atoms with E-state index in [4.69, 9.17) is 0 Å². The molecule has 0 radical (unpaired) electrons. The lowest BCUT2D eigenvalue weighted by Gasteiger charge is -2.35. The number of rotatable bonds is 2. The fraction of sp³-hybridized carbons (Fsp3) is 0.500. The second-order valence-electron chi connectivity index (χ2n) is 4.75. The van der Waals surface area contributed by atoms with Crippen LogP contribution in [-0.2, 0) is 0 Å². The molecular formula is C12H12F4N2O2. The average Bonchev–Trinajstić information content (AvgIpc) is 2.37. The van der Waals surface area contributed by atoms with Crippen LogP contribution in [0.15, 0.2) is 18.2 Å². The minimum Gasteiger partial charge on any atom is -0.371 e. The number of halogens is 4. The smallest absolute Gasteiger partial charge is 0.371 e. The largest absolute Gasteiger partial charge is 0.393 e. The number of nitrogens with zero attached hydrogens (tertiary/aromatic N) is 2. The molecule has 0 bridgehead atoms. The van der Waals surface area contributed by atoms with Gasteiger partial charge in [0.15, 0.2) is 0 Å². The molecule has 0 N–H and O–H groups in total. The molecule has 4 nitrogen and oxygen atoms in total. The summed E-state index contributed by atoms with van der Waals surface area (Å²) in [6.45, 7) is 0.0251. The molecule has 1 fully saturated rings. The van der Waals surface area contributed by atoms with Gasteiger partial charge in [0.1, 0.15) is 5.82 Å². The van der Waals surface area contributed by atoms with Gasteiger partial charge in [-0.15, -0.1) is 0 Å². The highest BCUT2D eigenvalue weighted by atomic mass is 19.4. The minimum absolute atomic E-state index is 0.0252. The maximum absolute atomic E-state index is 13.3. The Morgan fingerprint density at radius 2 is 2.00 bits per heavy atom. The van der Waals surface area contributed by atoms with Crippen LogP contribution in [0.25, 0.3) is 0 Å². The number of benzene rings is 1. The van der Waals surface area contributed by atoms with Crippen LogP contribution >= 0.6 is 0 Å². The monoisotopic (exact) mass is 292 g/mol. The van der Waals surface area contributed by atoms with Gasteiger partial charge in [0.05, 0.1) is 16.9 Å². The molecule has 1 heterocycles. The average molecular weight is 292 g/mol. The van der Waals surface area contributed by atoms with Gasteiger partial charge in [0.25, 0.3) is 5.69 Å². The number of non-ortho nitro benzene ring substituents is 1. The zero-order valence-corrected chi connectivity index (χ0v) is 10.4. The molecule has 0 spiro atoms. The molecule has 8 heteroatoms. The highest BCUT2D eigenvalue weighted by Crippen LogP contribution is 2.35. The maximum atomic E-state index is 13.3. The van der Waals surface area contributed by atoms with Crippen molar-refractivity contribution in [3.05, 3.63) is 34.1 Å². The molecule has 0 saturated carbocycles. The Morgan fingerprint density at radius 3 is 2.60 bits per heavy atom. The molecular weight excluding hydrogens is 280 g/mol. The summed E-state index contributed by atoms with van der Waals surface area (Å²) in [6, 6.07) is 2.86. The van der Waals surface area contributed by atoms with Crippen molar-refractivity contribution in [1.82, 2.24) is 0 Å². The molecule has 1 atom stereocenters. The highest BCUT2D eigenvalue weighted by Gasteiger charge is 2.42. The van der Waals surface area contributed by atoms with E-state index in [1.165, 1.54) is 4.90 Å². The minimum atomic E-state index is -4.31. The highest BCUT2D eigenvalue weighted by molar-refractivity contribution is 5.54. The predicted octanol–water partition coefficient (Wildman–Crippen LogP) is 3.51. The third kappa shape index (κ3) is 3.17. The topological polar surface area (TPSA) is 46.4 Å². The van der Waals surface area contributed by atoms with Gasteiger partial charge in [-0.25, -0.2) is 4.39 Å². The molecule has 110 valence electrons. The molecule has 1 aliphatic heterocycles. The second-order valence-corrected chi connectivity index (χ2v) is 4.75. The van der Waals surface area contributed by atoms with Crippen LogP contribution in [0.1, 0.15) is 12.8 Å². The van der Waals surface area contributed by atoms with Gasteiger partial charge in [-0.3, -0.25) is 10.1 Å². The fourth-order valence-corrected chi connectivity index (χ4v) is 2.33. The van der Waals surface area contributed by atoms with E-state index < -0.39 is 28.5 Å². The summed E-state index contributed by atoms with van der Waals surface area (Å²) in [4.78, 5) is 11.2. The Labute approximate surface area is 112 Å². The Balaban J connectivity index is 2.25. The fourth-order valence-electron chi connectivity index (χ4n) is 2.33. The number of nitro benzene ring substituents is 1. The molecule has 0 aliphatic carbocycles. The van der Waals surface area contributed by atoms with Crippen molar-refractivity contribution in [3.8, 4) is 0 Å². The predicted molar refractivity (Wildman–Crippen MR) is 64.0 cm³/mol. The van der Waals surface area contributed by atoms with Crippen LogP contribution in [0.2, 0.25) is 0 Å². The second kappa shape index (κ2) is 5.26. The number of alkyl halides is 3. The summed E-state index contributed by atoms with van der Waals surface area (Å²) in [6.07, 6.45) is -3.97. The van der Waals surface area contributed by atoms with Crippen LogP contribution in [0.4, 0.5) is 28.9 Å². The van der Waals surface area contributed by atoms with E-state index in [1.807, 2.05) is 0 Å². The van der Waals surface area contributed by atoms with Gasteiger partial charge in [-0.05, 0) is 18.9 Å². The molecule has 1 aromatic carbocycles. The van der Waals surface area contributed by atoms with Crippen LogP contribution < -0.4 is 4.90 Å². The van der Waals surface area contributed by atoms with E-state index >= 15 is 0 Å². The number of nitro groups is 1. The van der Waals surface area contributed by atoms with Gasteiger partial charge >= 0.3 is 6.18 Å². The molecule has 2 rings (SSSR count). The van der Waals surface area contributed by atoms with E-state index in [-0.39, 0.29) is 18.7 Å². The number of hydrogen-bond donors (Lipinski definition) is 0. The number of anilines is 1. The van der Waals surface area contributed by atoms with E-state index in [0.29, 0.717) is 13.0 Å². The van der Waals surface area contributed by atoms with Gasteiger partial charge in [0.2, 0.25) is 0 Å². The molecule has 1 aromatic rings. The van der Waals surface area contributed by atoms with E-state index in [1.54, 1.807) is 0 Å². The Kier molecular flexibility index (Phi) is 3.82. The maximum Gasteiger partial charge on any atom is 0.393 e. The molecule has 0 amide bonds. The quantitative estimate of drug-likeness (QED) is 0.476. The first-order valence-electron chi connectivity index (χ1n) is 6.04. The van der Waals surface area contributed by atoms with E-state index in [0.717, 1.165) is 18.2 Å². The Bertz CT molecular complexity index is 519. The first-order chi connectivity index (χ1) is 9.27. The summed E-state index contributed by atoms with van der Waals surface area (Å²) in [5, 5.41) is 10.7. The normalized spacial score (nSPS) is 20.0. The first-order valence-corrected chi connectivity index (χ1v) is 6.04.